The van der Waals surface area contributed by atoms with Crippen molar-refractivity contribution in [1.29, 1.82) is 0 Å². The summed E-state index contributed by atoms with van der Waals surface area (Å²) in [6, 6.07) is 7.37. The minimum Gasteiger partial charge on any atom is -0.356 e. The summed E-state index contributed by atoms with van der Waals surface area (Å²) >= 11 is 0. The van der Waals surface area contributed by atoms with Crippen molar-refractivity contribution in [2.24, 2.45) is 18.9 Å². The number of Topliss-reactive ketones (excluding diaryl/α,β-unsaturated/α-hetero) is 1. The number of hydrogen-bond donors (Lipinski definition) is 4. The molecule has 0 radical (unpaired) electrons. The molecule has 1 saturated carbocycles. The van der Waals surface area contributed by atoms with Crippen molar-refractivity contribution in [3.63, 3.8) is 0 Å². The molecular weight excluding hydrogens is 534 g/mol. The maximum absolute atomic E-state index is 13.9. The van der Waals surface area contributed by atoms with Gasteiger partial charge in [-0.05, 0) is 64.5 Å². The minimum atomic E-state index is -1.20. The first kappa shape index (κ1) is 31.3. The van der Waals surface area contributed by atoms with Crippen LogP contribution in [0.3, 0.4) is 0 Å². The van der Waals surface area contributed by atoms with Gasteiger partial charge in [0.15, 0.2) is 0 Å². The highest BCUT2D eigenvalue weighted by molar-refractivity contribution is 6.38. The van der Waals surface area contributed by atoms with Crippen LogP contribution in [-0.2, 0) is 26.2 Å². The fourth-order valence-corrected chi connectivity index (χ4v) is 6.14. The molecule has 1 aromatic heterocycles. The Labute approximate surface area is 247 Å². The van der Waals surface area contributed by atoms with Crippen molar-refractivity contribution in [3.05, 3.63) is 36.0 Å². The number of fused-ring (bicyclic) bond motifs is 1. The van der Waals surface area contributed by atoms with Gasteiger partial charge in [0.25, 0.3) is 11.8 Å². The van der Waals surface area contributed by atoms with Gasteiger partial charge >= 0.3 is 0 Å². The number of aromatic nitrogens is 1. The number of piperidine rings is 1. The van der Waals surface area contributed by atoms with Gasteiger partial charge in [-0.25, -0.2) is 0 Å². The van der Waals surface area contributed by atoms with Gasteiger partial charge in [-0.2, -0.15) is 0 Å². The molecule has 10 heteroatoms. The van der Waals surface area contributed by atoms with Crippen LogP contribution in [0.5, 0.6) is 0 Å². The zero-order chi connectivity index (χ0) is 30.4. The van der Waals surface area contributed by atoms with Gasteiger partial charge in [-0.3, -0.25) is 24.0 Å². The molecule has 2 aliphatic rings. The highest BCUT2D eigenvalue weighted by atomic mass is 16.2. The van der Waals surface area contributed by atoms with Crippen molar-refractivity contribution >= 4 is 40.3 Å². The number of aryl methyl sites for hydroxylation is 1. The third-order valence-electron chi connectivity index (χ3n) is 8.36. The van der Waals surface area contributed by atoms with Crippen LogP contribution >= 0.6 is 0 Å². The van der Waals surface area contributed by atoms with Gasteiger partial charge in [-0.1, -0.05) is 50.3 Å². The van der Waals surface area contributed by atoms with E-state index in [9.17, 15) is 24.0 Å². The number of carbonyl (C=O) groups is 5. The Morgan fingerprint density at radius 1 is 0.952 bits per heavy atom. The Morgan fingerprint density at radius 2 is 1.67 bits per heavy atom. The van der Waals surface area contributed by atoms with Gasteiger partial charge in [0.05, 0.1) is 6.04 Å². The number of rotatable bonds is 10. The lowest BCUT2D eigenvalue weighted by atomic mass is 9.84. The summed E-state index contributed by atoms with van der Waals surface area (Å²) in [5.41, 5.74) is 0.672. The fourth-order valence-electron chi connectivity index (χ4n) is 6.14. The fraction of sp³-hybridized carbons (Fsp3) is 0.594. The van der Waals surface area contributed by atoms with Gasteiger partial charge in [0, 0.05) is 36.0 Å². The lowest BCUT2D eigenvalue weighted by Crippen LogP contribution is -2.57. The molecule has 3 atom stereocenters. The van der Waals surface area contributed by atoms with Gasteiger partial charge < -0.3 is 25.8 Å². The van der Waals surface area contributed by atoms with Crippen molar-refractivity contribution in [2.45, 2.75) is 96.2 Å². The lowest BCUT2D eigenvalue weighted by molar-refractivity contribution is -0.142. The quantitative estimate of drug-likeness (QED) is 0.321. The molecule has 0 spiro atoms. The predicted octanol–water partition coefficient (Wildman–Crippen LogP) is 3.13. The molecule has 2 heterocycles. The first-order valence-corrected chi connectivity index (χ1v) is 15.2. The van der Waals surface area contributed by atoms with E-state index in [0.29, 0.717) is 25.1 Å². The molecule has 228 valence electrons. The second kappa shape index (κ2) is 13.5. The van der Waals surface area contributed by atoms with E-state index in [0.717, 1.165) is 49.4 Å². The maximum Gasteiger partial charge on any atom is 0.290 e. The highest BCUT2D eigenvalue weighted by Gasteiger charge is 2.36. The summed E-state index contributed by atoms with van der Waals surface area (Å²) in [5.74, 6) is -2.95. The Bertz CT molecular complexity index is 1320. The Hall–Kier alpha value is -3.69. The first-order chi connectivity index (χ1) is 19.9. The zero-order valence-electron chi connectivity index (χ0n) is 25.3. The molecule has 1 aromatic carbocycles. The van der Waals surface area contributed by atoms with Crippen molar-refractivity contribution in [3.8, 4) is 0 Å². The summed E-state index contributed by atoms with van der Waals surface area (Å²) < 4.78 is 1.80. The van der Waals surface area contributed by atoms with Crippen LogP contribution in [0, 0.1) is 11.8 Å². The third-order valence-corrected chi connectivity index (χ3v) is 8.36. The molecule has 2 fully saturated rings. The molecule has 10 nitrogen and oxygen atoms in total. The van der Waals surface area contributed by atoms with E-state index >= 15 is 0 Å². The van der Waals surface area contributed by atoms with Crippen LogP contribution < -0.4 is 21.3 Å². The van der Waals surface area contributed by atoms with Crippen LogP contribution in [-0.4, -0.2) is 58.1 Å². The normalized spacial score (nSPS) is 19.4. The maximum atomic E-state index is 13.9. The lowest BCUT2D eigenvalue weighted by Gasteiger charge is -2.30. The second-order valence-electron chi connectivity index (χ2n) is 12.9. The Kier molecular flexibility index (Phi) is 10.1. The smallest absolute Gasteiger partial charge is 0.290 e. The molecule has 0 bridgehead atoms. The molecule has 1 saturated heterocycles. The average Bonchev–Trinajstić information content (AvgIpc) is 3.29. The van der Waals surface area contributed by atoms with Crippen LogP contribution in [0.25, 0.3) is 10.9 Å². The molecular formula is C32H45N5O5. The molecule has 1 aliphatic heterocycles. The summed E-state index contributed by atoms with van der Waals surface area (Å²) in [4.78, 5) is 66.2. The van der Waals surface area contributed by atoms with Crippen LogP contribution in [0.15, 0.2) is 30.3 Å². The predicted molar refractivity (Wildman–Crippen MR) is 161 cm³/mol. The Balaban J connectivity index is 1.57. The number of hydrogen-bond acceptors (Lipinski definition) is 5. The molecule has 42 heavy (non-hydrogen) atoms. The number of benzene rings is 1. The summed E-state index contributed by atoms with van der Waals surface area (Å²) in [7, 11) is 1.81. The molecule has 1 aliphatic carbocycles. The van der Waals surface area contributed by atoms with Crippen LogP contribution in [0.1, 0.15) is 89.0 Å². The number of carbonyl (C=O) groups excluding carboxylic acids is 5. The zero-order valence-corrected chi connectivity index (χ0v) is 25.3. The van der Waals surface area contributed by atoms with E-state index < -0.39 is 41.1 Å². The van der Waals surface area contributed by atoms with Gasteiger partial charge in [-0.15, -0.1) is 0 Å². The Morgan fingerprint density at radius 3 is 2.33 bits per heavy atom. The molecule has 4 N–H and O–H groups in total. The van der Waals surface area contributed by atoms with Gasteiger partial charge in [0.2, 0.25) is 17.6 Å². The monoisotopic (exact) mass is 579 g/mol. The van der Waals surface area contributed by atoms with Crippen molar-refractivity contribution in [1.82, 2.24) is 25.8 Å². The number of amides is 4. The van der Waals surface area contributed by atoms with E-state index in [-0.39, 0.29) is 24.2 Å². The van der Waals surface area contributed by atoms with Crippen molar-refractivity contribution < 1.29 is 24.0 Å². The van der Waals surface area contributed by atoms with E-state index in [1.807, 2.05) is 31.3 Å². The van der Waals surface area contributed by atoms with Gasteiger partial charge in [0.1, 0.15) is 11.7 Å². The average molecular weight is 580 g/mol. The molecule has 4 rings (SSSR count). The topological polar surface area (TPSA) is 138 Å². The number of nitrogens with zero attached hydrogens (tertiary/aromatic N) is 1. The number of para-hydroxylation sites is 1. The minimum absolute atomic E-state index is 0.0151. The summed E-state index contributed by atoms with van der Waals surface area (Å²) in [6.45, 7) is 5.86. The SMILES string of the molecule is Cn1c(C(=O)N[C@@H](CC2CCCCC2)C(=O)N[C@@H](C[C@@H]2CCCNC2=O)C(=O)C(=O)NC(C)(C)C)cc2ccccc21. The van der Waals surface area contributed by atoms with E-state index in [2.05, 4.69) is 21.3 Å². The summed E-state index contributed by atoms with van der Waals surface area (Å²) in [5, 5.41) is 12.1. The van der Waals surface area contributed by atoms with E-state index in [4.69, 9.17) is 0 Å². The second-order valence-corrected chi connectivity index (χ2v) is 12.9. The van der Waals surface area contributed by atoms with Crippen LogP contribution in [0.2, 0.25) is 0 Å². The highest BCUT2D eigenvalue weighted by Crippen LogP contribution is 2.28. The number of nitrogens with one attached hydrogen (secondary N) is 4. The first-order valence-electron chi connectivity index (χ1n) is 15.2. The standard InChI is InChI=1S/C32H45N5O5/c1-32(2,3)36-31(42)27(38)23(18-22-14-10-16-33-28(22)39)34-29(40)24(17-20-11-6-5-7-12-20)35-30(41)26-19-21-13-8-9-15-25(21)37(26)4/h8-9,13,15,19-20,22-24H,5-7,10-12,14,16-18H2,1-4H3,(H,33,39)(H,34,40)(H,35,41)(H,36,42)/t22-,23-,24-/m0/s1. The van der Waals surface area contributed by atoms with E-state index in [1.54, 1.807) is 31.4 Å². The van der Waals surface area contributed by atoms with E-state index in [1.165, 1.54) is 0 Å². The molecule has 0 unspecified atom stereocenters. The summed E-state index contributed by atoms with van der Waals surface area (Å²) in [6.07, 6.45) is 6.99. The molecule has 4 amide bonds. The molecule has 2 aromatic rings. The third kappa shape index (κ3) is 7.98. The van der Waals surface area contributed by atoms with Crippen molar-refractivity contribution in [2.75, 3.05) is 6.54 Å². The van der Waals surface area contributed by atoms with Crippen LogP contribution in [0.4, 0.5) is 0 Å². The largest absolute Gasteiger partial charge is 0.356 e. The number of ketones is 1.